The van der Waals surface area contributed by atoms with Gasteiger partial charge in [-0.05, 0) is 50.5 Å². The van der Waals surface area contributed by atoms with Gasteiger partial charge in [-0.1, -0.05) is 0 Å². The zero-order valence-corrected chi connectivity index (χ0v) is 9.65. The Balaban J connectivity index is 2.14. The summed E-state index contributed by atoms with van der Waals surface area (Å²) in [5.41, 5.74) is 7.04. The molecule has 1 aliphatic heterocycles. The van der Waals surface area contributed by atoms with E-state index in [1.54, 1.807) is 24.3 Å². The molecule has 1 aromatic rings. The second-order valence-corrected chi connectivity index (χ2v) is 4.47. The van der Waals surface area contributed by atoms with Crippen LogP contribution in [-0.2, 0) is 0 Å². The second-order valence-electron chi connectivity index (χ2n) is 4.47. The SMILES string of the molecule is C[C@H]1CCCCN1C(=O)c1ccc(N)cc1. The van der Waals surface area contributed by atoms with Gasteiger partial charge in [-0.25, -0.2) is 0 Å². The Hall–Kier alpha value is -1.51. The van der Waals surface area contributed by atoms with Crippen LogP contribution in [0, 0.1) is 0 Å². The van der Waals surface area contributed by atoms with Gasteiger partial charge in [0.25, 0.3) is 5.91 Å². The molecule has 3 nitrogen and oxygen atoms in total. The number of carbonyl (C=O) groups excluding carboxylic acids is 1. The van der Waals surface area contributed by atoms with Gasteiger partial charge in [-0.3, -0.25) is 4.79 Å². The largest absolute Gasteiger partial charge is 0.399 e. The molecule has 86 valence electrons. The first kappa shape index (κ1) is 11.0. The number of piperidine rings is 1. The molecule has 0 aromatic heterocycles. The standard InChI is InChI=1S/C13H18N2O/c1-10-4-2-3-9-15(10)13(16)11-5-7-12(14)8-6-11/h5-8,10H,2-4,9,14H2,1H3/t10-/m0/s1. The van der Waals surface area contributed by atoms with E-state index < -0.39 is 0 Å². The van der Waals surface area contributed by atoms with Crippen LogP contribution in [0.3, 0.4) is 0 Å². The van der Waals surface area contributed by atoms with Crippen LogP contribution in [0.15, 0.2) is 24.3 Å². The normalized spacial score (nSPS) is 20.8. The number of likely N-dealkylation sites (tertiary alicyclic amines) is 1. The topological polar surface area (TPSA) is 46.3 Å². The van der Waals surface area contributed by atoms with Crippen molar-refractivity contribution in [3.05, 3.63) is 29.8 Å². The van der Waals surface area contributed by atoms with E-state index in [4.69, 9.17) is 5.73 Å². The Morgan fingerprint density at radius 1 is 1.31 bits per heavy atom. The summed E-state index contributed by atoms with van der Waals surface area (Å²) in [6.45, 7) is 3.00. The molecule has 1 aromatic carbocycles. The van der Waals surface area contributed by atoms with E-state index in [9.17, 15) is 4.79 Å². The summed E-state index contributed by atoms with van der Waals surface area (Å²) in [5, 5.41) is 0. The maximum Gasteiger partial charge on any atom is 0.254 e. The molecule has 16 heavy (non-hydrogen) atoms. The van der Waals surface area contributed by atoms with Crippen LogP contribution in [0.1, 0.15) is 36.5 Å². The van der Waals surface area contributed by atoms with Gasteiger partial charge in [0.15, 0.2) is 0 Å². The van der Waals surface area contributed by atoms with Gasteiger partial charge < -0.3 is 10.6 Å². The van der Waals surface area contributed by atoms with Gasteiger partial charge in [0.1, 0.15) is 0 Å². The quantitative estimate of drug-likeness (QED) is 0.735. The van der Waals surface area contributed by atoms with Crippen LogP contribution in [-0.4, -0.2) is 23.4 Å². The van der Waals surface area contributed by atoms with Gasteiger partial charge in [-0.2, -0.15) is 0 Å². The molecule has 1 saturated heterocycles. The highest BCUT2D eigenvalue weighted by Crippen LogP contribution is 2.19. The molecular formula is C13H18N2O. The third-order valence-electron chi connectivity index (χ3n) is 3.22. The predicted molar refractivity (Wildman–Crippen MR) is 65.2 cm³/mol. The predicted octanol–water partition coefficient (Wildman–Crippen LogP) is 2.28. The molecule has 1 aliphatic rings. The van der Waals surface area contributed by atoms with Crippen molar-refractivity contribution in [2.75, 3.05) is 12.3 Å². The number of nitrogens with zero attached hydrogens (tertiary/aromatic N) is 1. The third kappa shape index (κ3) is 2.18. The summed E-state index contributed by atoms with van der Waals surface area (Å²) in [4.78, 5) is 14.2. The van der Waals surface area contributed by atoms with E-state index >= 15 is 0 Å². The molecule has 0 saturated carbocycles. The van der Waals surface area contributed by atoms with Crippen LogP contribution in [0.4, 0.5) is 5.69 Å². The van der Waals surface area contributed by atoms with Gasteiger partial charge in [-0.15, -0.1) is 0 Å². The highest BCUT2D eigenvalue weighted by Gasteiger charge is 2.23. The molecular weight excluding hydrogens is 200 g/mol. The number of amides is 1. The average Bonchev–Trinajstić information content (AvgIpc) is 2.30. The van der Waals surface area contributed by atoms with Crippen molar-refractivity contribution in [3.63, 3.8) is 0 Å². The van der Waals surface area contributed by atoms with Crippen molar-refractivity contribution in [2.24, 2.45) is 0 Å². The zero-order chi connectivity index (χ0) is 11.5. The van der Waals surface area contributed by atoms with Crippen LogP contribution in [0.25, 0.3) is 0 Å². The van der Waals surface area contributed by atoms with Crippen LogP contribution in [0.2, 0.25) is 0 Å². The lowest BCUT2D eigenvalue weighted by molar-refractivity contribution is 0.0635. The Labute approximate surface area is 96.2 Å². The van der Waals surface area contributed by atoms with E-state index in [1.165, 1.54) is 6.42 Å². The van der Waals surface area contributed by atoms with E-state index in [0.717, 1.165) is 24.9 Å². The van der Waals surface area contributed by atoms with E-state index in [2.05, 4.69) is 6.92 Å². The van der Waals surface area contributed by atoms with Crippen LogP contribution in [0.5, 0.6) is 0 Å². The Bertz CT molecular complexity index is 372. The van der Waals surface area contributed by atoms with Crippen LogP contribution >= 0.6 is 0 Å². The molecule has 1 atom stereocenters. The minimum atomic E-state index is 0.132. The Morgan fingerprint density at radius 3 is 2.62 bits per heavy atom. The summed E-state index contributed by atoms with van der Waals surface area (Å²) in [7, 11) is 0. The van der Waals surface area contributed by atoms with Crippen molar-refractivity contribution in [1.29, 1.82) is 0 Å². The minimum Gasteiger partial charge on any atom is -0.399 e. The summed E-state index contributed by atoms with van der Waals surface area (Å²) in [5.74, 6) is 0.132. The monoisotopic (exact) mass is 218 g/mol. The fourth-order valence-electron chi connectivity index (χ4n) is 2.19. The first-order chi connectivity index (χ1) is 7.68. The van der Waals surface area contributed by atoms with Crippen molar-refractivity contribution < 1.29 is 4.79 Å². The molecule has 2 N–H and O–H groups in total. The number of anilines is 1. The molecule has 3 heteroatoms. The maximum atomic E-state index is 12.2. The lowest BCUT2D eigenvalue weighted by Gasteiger charge is -2.33. The van der Waals surface area contributed by atoms with E-state index in [-0.39, 0.29) is 5.91 Å². The average molecular weight is 218 g/mol. The third-order valence-corrected chi connectivity index (χ3v) is 3.22. The second kappa shape index (κ2) is 4.56. The zero-order valence-electron chi connectivity index (χ0n) is 9.65. The number of hydrogen-bond donors (Lipinski definition) is 1. The van der Waals surface area contributed by atoms with E-state index in [1.807, 2.05) is 4.90 Å². The molecule has 0 bridgehead atoms. The molecule has 0 radical (unpaired) electrons. The molecule has 0 aliphatic carbocycles. The Kier molecular flexibility index (Phi) is 3.13. The number of benzene rings is 1. The molecule has 0 unspecified atom stereocenters. The fourth-order valence-corrected chi connectivity index (χ4v) is 2.19. The summed E-state index contributed by atoms with van der Waals surface area (Å²) < 4.78 is 0. The lowest BCUT2D eigenvalue weighted by Crippen LogP contribution is -2.41. The number of nitrogens with two attached hydrogens (primary N) is 1. The lowest BCUT2D eigenvalue weighted by atomic mass is 10.0. The van der Waals surface area contributed by atoms with Crippen molar-refractivity contribution in [2.45, 2.75) is 32.2 Å². The summed E-state index contributed by atoms with van der Waals surface area (Å²) in [6, 6.07) is 7.53. The smallest absolute Gasteiger partial charge is 0.254 e. The minimum absolute atomic E-state index is 0.132. The molecule has 2 rings (SSSR count). The molecule has 0 spiro atoms. The van der Waals surface area contributed by atoms with Gasteiger partial charge in [0.05, 0.1) is 0 Å². The summed E-state index contributed by atoms with van der Waals surface area (Å²) >= 11 is 0. The first-order valence-electron chi connectivity index (χ1n) is 5.85. The van der Waals surface area contributed by atoms with Crippen molar-refractivity contribution in [3.8, 4) is 0 Å². The number of hydrogen-bond acceptors (Lipinski definition) is 2. The Morgan fingerprint density at radius 2 is 2.00 bits per heavy atom. The first-order valence-corrected chi connectivity index (χ1v) is 5.85. The van der Waals surface area contributed by atoms with Gasteiger partial charge >= 0.3 is 0 Å². The number of rotatable bonds is 1. The van der Waals surface area contributed by atoms with Crippen LogP contribution < -0.4 is 5.73 Å². The highest BCUT2D eigenvalue weighted by molar-refractivity contribution is 5.94. The molecule has 1 fully saturated rings. The number of nitrogen functional groups attached to an aromatic ring is 1. The maximum absolute atomic E-state index is 12.2. The molecule has 1 amide bonds. The highest BCUT2D eigenvalue weighted by atomic mass is 16.2. The van der Waals surface area contributed by atoms with Gasteiger partial charge in [0.2, 0.25) is 0 Å². The number of carbonyl (C=O) groups is 1. The summed E-state index contributed by atoms with van der Waals surface area (Å²) in [6.07, 6.45) is 3.46. The molecule has 1 heterocycles. The van der Waals surface area contributed by atoms with Crippen molar-refractivity contribution in [1.82, 2.24) is 4.90 Å². The van der Waals surface area contributed by atoms with Crippen molar-refractivity contribution >= 4 is 11.6 Å². The fraction of sp³-hybridized carbons (Fsp3) is 0.462. The van der Waals surface area contributed by atoms with Gasteiger partial charge in [0, 0.05) is 23.8 Å². The van der Waals surface area contributed by atoms with E-state index in [0.29, 0.717) is 11.7 Å².